The Morgan fingerprint density at radius 1 is 1.43 bits per heavy atom. The molecular formula is C16H19N5O2. The minimum absolute atomic E-state index is 0.102. The first-order chi connectivity index (χ1) is 11.1. The number of rotatable bonds is 5. The van der Waals surface area contributed by atoms with Gasteiger partial charge in [0.1, 0.15) is 12.1 Å². The third-order valence-electron chi connectivity index (χ3n) is 3.82. The number of likely N-dealkylation sites (tertiary alicyclic amines) is 1. The van der Waals surface area contributed by atoms with Gasteiger partial charge in [0.25, 0.3) is 5.91 Å². The number of pyridine rings is 1. The molecule has 1 aliphatic rings. The molecule has 0 spiro atoms. The Bertz CT molecular complexity index is 698. The first kappa shape index (κ1) is 15.2. The van der Waals surface area contributed by atoms with Gasteiger partial charge in [-0.05, 0) is 25.5 Å². The van der Waals surface area contributed by atoms with Crippen molar-refractivity contribution < 1.29 is 9.59 Å². The second kappa shape index (κ2) is 6.60. The lowest BCUT2D eigenvalue weighted by molar-refractivity contribution is -0.127. The number of carbonyl (C=O) groups is 2. The van der Waals surface area contributed by atoms with E-state index in [1.807, 2.05) is 6.92 Å². The molecule has 7 heteroatoms. The highest BCUT2D eigenvalue weighted by Gasteiger charge is 2.22. The van der Waals surface area contributed by atoms with Crippen LogP contribution in [0.1, 0.15) is 30.1 Å². The van der Waals surface area contributed by atoms with Crippen LogP contribution < -0.4 is 5.32 Å². The van der Waals surface area contributed by atoms with Gasteiger partial charge in [0.05, 0.1) is 0 Å². The van der Waals surface area contributed by atoms with Crippen LogP contribution in [-0.2, 0) is 4.79 Å². The Morgan fingerprint density at radius 2 is 2.30 bits per heavy atom. The highest BCUT2D eigenvalue weighted by molar-refractivity contribution is 5.94. The largest absolute Gasteiger partial charge is 0.348 e. The summed E-state index contributed by atoms with van der Waals surface area (Å²) in [5.74, 6) is 0.628. The average molecular weight is 313 g/mol. The number of amides is 2. The fourth-order valence-electron chi connectivity index (χ4n) is 2.68. The zero-order valence-electron chi connectivity index (χ0n) is 13.0. The Hall–Kier alpha value is -2.70. The molecule has 2 aromatic rings. The summed E-state index contributed by atoms with van der Waals surface area (Å²) in [7, 11) is 0. The first-order valence-electron chi connectivity index (χ1n) is 7.66. The van der Waals surface area contributed by atoms with Crippen LogP contribution in [-0.4, -0.2) is 50.4 Å². The van der Waals surface area contributed by atoms with Crippen LogP contribution in [0, 0.1) is 0 Å². The van der Waals surface area contributed by atoms with Crippen molar-refractivity contribution in [3.63, 3.8) is 0 Å². The number of imidazole rings is 1. The van der Waals surface area contributed by atoms with Gasteiger partial charge in [-0.15, -0.1) is 0 Å². The summed E-state index contributed by atoms with van der Waals surface area (Å²) >= 11 is 0. The predicted molar refractivity (Wildman–Crippen MR) is 84.1 cm³/mol. The van der Waals surface area contributed by atoms with Gasteiger partial charge in [0.2, 0.25) is 5.91 Å². The van der Waals surface area contributed by atoms with Crippen LogP contribution in [0.25, 0.3) is 5.82 Å². The molecule has 3 heterocycles. The van der Waals surface area contributed by atoms with E-state index >= 15 is 0 Å². The summed E-state index contributed by atoms with van der Waals surface area (Å²) in [6.45, 7) is 3.23. The average Bonchev–Trinajstić information content (AvgIpc) is 3.20. The predicted octanol–water partition coefficient (Wildman–Crippen LogP) is 1.01. The van der Waals surface area contributed by atoms with Crippen molar-refractivity contribution in [2.45, 2.75) is 25.8 Å². The summed E-state index contributed by atoms with van der Waals surface area (Å²) < 4.78 is 1.74. The Kier molecular flexibility index (Phi) is 4.36. The molecule has 7 nitrogen and oxygen atoms in total. The second-order valence-electron chi connectivity index (χ2n) is 5.69. The molecule has 1 saturated heterocycles. The van der Waals surface area contributed by atoms with Gasteiger partial charge in [-0.2, -0.15) is 0 Å². The van der Waals surface area contributed by atoms with E-state index in [2.05, 4.69) is 15.3 Å². The zero-order chi connectivity index (χ0) is 16.2. The Labute approximate surface area is 134 Å². The first-order valence-corrected chi connectivity index (χ1v) is 7.66. The van der Waals surface area contributed by atoms with Crippen LogP contribution in [0.4, 0.5) is 0 Å². The molecule has 0 radical (unpaired) electrons. The maximum absolute atomic E-state index is 12.4. The Balaban J connectivity index is 1.64. The lowest BCUT2D eigenvalue weighted by Crippen LogP contribution is -2.42. The lowest BCUT2D eigenvalue weighted by atomic mass is 10.2. The molecule has 1 fully saturated rings. The molecule has 1 N–H and O–H groups in total. The molecule has 0 bridgehead atoms. The van der Waals surface area contributed by atoms with Crippen LogP contribution in [0.2, 0.25) is 0 Å². The van der Waals surface area contributed by atoms with Gasteiger partial charge >= 0.3 is 0 Å². The fraction of sp³-hybridized carbons (Fsp3) is 0.375. The smallest absolute Gasteiger partial charge is 0.251 e. The fourth-order valence-corrected chi connectivity index (χ4v) is 2.68. The van der Waals surface area contributed by atoms with Crippen molar-refractivity contribution in [2.75, 3.05) is 13.1 Å². The standard InChI is InChI=1S/C16H19N5O2/c1-12(10-20-7-2-3-15(20)22)19-16(23)13-4-5-18-14(9-13)21-8-6-17-11-21/h4-6,8-9,11-12H,2-3,7,10H2,1H3,(H,19,23)/t12-/m1/s1. The minimum atomic E-state index is -0.173. The summed E-state index contributed by atoms with van der Waals surface area (Å²) in [5, 5.41) is 2.93. The highest BCUT2D eigenvalue weighted by atomic mass is 16.2. The molecule has 2 aromatic heterocycles. The third kappa shape index (κ3) is 3.56. The van der Waals surface area contributed by atoms with Crippen molar-refractivity contribution >= 4 is 11.8 Å². The van der Waals surface area contributed by atoms with E-state index in [0.29, 0.717) is 24.3 Å². The second-order valence-corrected chi connectivity index (χ2v) is 5.69. The molecule has 0 unspecified atom stereocenters. The zero-order valence-corrected chi connectivity index (χ0v) is 13.0. The van der Waals surface area contributed by atoms with Crippen molar-refractivity contribution in [2.24, 2.45) is 0 Å². The molecule has 0 aliphatic carbocycles. The maximum atomic E-state index is 12.4. The SMILES string of the molecule is C[C@H](CN1CCCC1=O)NC(=O)c1ccnc(-n2ccnc2)c1. The monoisotopic (exact) mass is 313 g/mol. The molecule has 0 saturated carbocycles. The number of hydrogen-bond donors (Lipinski definition) is 1. The van der Waals surface area contributed by atoms with E-state index in [4.69, 9.17) is 0 Å². The quantitative estimate of drug-likeness (QED) is 0.893. The van der Waals surface area contributed by atoms with Gasteiger partial charge in [-0.25, -0.2) is 9.97 Å². The van der Waals surface area contributed by atoms with E-state index in [1.165, 1.54) is 0 Å². The molecule has 120 valence electrons. The number of aromatic nitrogens is 3. The topological polar surface area (TPSA) is 80.1 Å². The maximum Gasteiger partial charge on any atom is 0.251 e. The van der Waals surface area contributed by atoms with E-state index in [-0.39, 0.29) is 17.9 Å². The van der Waals surface area contributed by atoms with Crippen molar-refractivity contribution in [3.05, 3.63) is 42.6 Å². The van der Waals surface area contributed by atoms with Crippen molar-refractivity contribution in [1.82, 2.24) is 24.8 Å². The molecule has 1 aliphatic heterocycles. The third-order valence-corrected chi connectivity index (χ3v) is 3.82. The molecule has 2 amide bonds. The van der Waals surface area contributed by atoms with E-state index in [1.54, 1.807) is 46.5 Å². The number of hydrogen-bond acceptors (Lipinski definition) is 4. The van der Waals surface area contributed by atoms with E-state index in [0.717, 1.165) is 13.0 Å². The number of nitrogens with one attached hydrogen (secondary N) is 1. The van der Waals surface area contributed by atoms with Crippen molar-refractivity contribution in [1.29, 1.82) is 0 Å². The summed E-state index contributed by atoms with van der Waals surface area (Å²) in [6.07, 6.45) is 8.16. The van der Waals surface area contributed by atoms with Crippen LogP contribution in [0.15, 0.2) is 37.1 Å². The summed E-state index contributed by atoms with van der Waals surface area (Å²) in [5.41, 5.74) is 0.531. The van der Waals surface area contributed by atoms with Crippen LogP contribution in [0.5, 0.6) is 0 Å². The summed E-state index contributed by atoms with van der Waals surface area (Å²) in [6, 6.07) is 3.28. The van der Waals surface area contributed by atoms with Crippen LogP contribution in [0.3, 0.4) is 0 Å². The van der Waals surface area contributed by atoms with Gasteiger partial charge in [-0.1, -0.05) is 0 Å². The highest BCUT2D eigenvalue weighted by Crippen LogP contribution is 2.11. The molecule has 23 heavy (non-hydrogen) atoms. The number of carbonyl (C=O) groups excluding carboxylic acids is 2. The summed E-state index contributed by atoms with van der Waals surface area (Å²) in [4.78, 5) is 34.0. The molecule has 1 atom stereocenters. The molecule has 0 aromatic carbocycles. The van der Waals surface area contributed by atoms with E-state index in [9.17, 15) is 9.59 Å². The van der Waals surface area contributed by atoms with Gasteiger partial charge in [-0.3, -0.25) is 14.2 Å². The number of nitrogens with zero attached hydrogens (tertiary/aromatic N) is 4. The normalized spacial score (nSPS) is 15.7. The lowest BCUT2D eigenvalue weighted by Gasteiger charge is -2.21. The van der Waals surface area contributed by atoms with Crippen LogP contribution >= 0.6 is 0 Å². The molecule has 3 rings (SSSR count). The minimum Gasteiger partial charge on any atom is -0.348 e. The van der Waals surface area contributed by atoms with Gasteiger partial charge < -0.3 is 10.2 Å². The Morgan fingerprint density at radius 3 is 3.00 bits per heavy atom. The van der Waals surface area contributed by atoms with Gasteiger partial charge in [0.15, 0.2) is 0 Å². The molecular weight excluding hydrogens is 294 g/mol. The van der Waals surface area contributed by atoms with E-state index < -0.39 is 0 Å². The van der Waals surface area contributed by atoms with Gasteiger partial charge in [0, 0.05) is 49.7 Å². The van der Waals surface area contributed by atoms with Crippen molar-refractivity contribution in [3.8, 4) is 5.82 Å².